The molecule has 3 aromatic carbocycles. The summed E-state index contributed by atoms with van der Waals surface area (Å²) in [6, 6.07) is 21.1. The summed E-state index contributed by atoms with van der Waals surface area (Å²) >= 11 is 3.23. The van der Waals surface area contributed by atoms with Crippen LogP contribution < -0.4 is 11.0 Å². The van der Waals surface area contributed by atoms with Crippen LogP contribution in [0.25, 0.3) is 10.8 Å². The molecule has 4 aromatic rings. The van der Waals surface area contributed by atoms with Gasteiger partial charge in [-0.3, -0.25) is 9.59 Å². The van der Waals surface area contributed by atoms with Gasteiger partial charge in [0.25, 0.3) is 5.56 Å². The third-order valence-corrected chi connectivity index (χ3v) is 5.64. The van der Waals surface area contributed by atoms with Crippen LogP contribution in [0.3, 0.4) is 0 Å². The van der Waals surface area contributed by atoms with Gasteiger partial charge in [-0.25, -0.2) is 14.5 Å². The van der Waals surface area contributed by atoms with Crippen LogP contribution in [0.15, 0.2) is 87.2 Å². The Labute approximate surface area is 197 Å². The first-order chi connectivity index (χ1) is 15.9. The Kier molecular flexibility index (Phi) is 6.74. The molecule has 1 N–H and O–H groups in total. The van der Waals surface area contributed by atoms with Crippen molar-refractivity contribution in [1.29, 1.82) is 0 Å². The minimum absolute atomic E-state index is 0.0529. The number of rotatable bonds is 6. The number of carbonyl (C=O) groups is 1. The van der Waals surface area contributed by atoms with Gasteiger partial charge in [-0.2, -0.15) is 10.2 Å². The molecule has 0 fully saturated rings. The van der Waals surface area contributed by atoms with E-state index >= 15 is 0 Å². The van der Waals surface area contributed by atoms with Gasteiger partial charge in [-0.05, 0) is 30.7 Å². The van der Waals surface area contributed by atoms with Crippen molar-refractivity contribution in [3.8, 4) is 0 Å². The molecule has 0 spiro atoms. The first kappa shape index (κ1) is 22.5. The first-order valence-corrected chi connectivity index (χ1v) is 11.0. The third-order valence-electron chi connectivity index (χ3n) is 5.15. The Hall–Kier alpha value is -3.65. The monoisotopic (exact) mass is 506 g/mol. The van der Waals surface area contributed by atoms with Crippen LogP contribution in [-0.4, -0.2) is 21.4 Å². The van der Waals surface area contributed by atoms with Gasteiger partial charge in [0.15, 0.2) is 0 Å². The molecule has 1 aromatic heterocycles. The molecule has 166 valence electrons. The van der Waals surface area contributed by atoms with E-state index in [4.69, 9.17) is 0 Å². The van der Waals surface area contributed by atoms with Gasteiger partial charge < -0.3 is 0 Å². The summed E-state index contributed by atoms with van der Waals surface area (Å²) in [6.45, 7) is 1.75. The molecule has 0 saturated heterocycles. The number of benzene rings is 3. The molecule has 8 heteroatoms. The van der Waals surface area contributed by atoms with E-state index in [1.54, 1.807) is 43.3 Å². The maximum Gasteiger partial charge on any atom is 0.274 e. The number of halogens is 2. The van der Waals surface area contributed by atoms with E-state index in [9.17, 15) is 14.0 Å². The van der Waals surface area contributed by atoms with Crippen LogP contribution in [0.4, 0.5) is 4.39 Å². The van der Waals surface area contributed by atoms with Crippen molar-refractivity contribution < 1.29 is 9.18 Å². The second kappa shape index (κ2) is 9.87. The first-order valence-electron chi connectivity index (χ1n) is 10.2. The highest BCUT2D eigenvalue weighted by atomic mass is 79.9. The van der Waals surface area contributed by atoms with Crippen LogP contribution in [0.1, 0.15) is 23.7 Å². The predicted molar refractivity (Wildman–Crippen MR) is 130 cm³/mol. The highest BCUT2D eigenvalue weighted by molar-refractivity contribution is 9.10. The highest BCUT2D eigenvalue weighted by Crippen LogP contribution is 2.18. The summed E-state index contributed by atoms with van der Waals surface area (Å²) in [6.07, 6.45) is -0.0881. The third kappa shape index (κ3) is 5.23. The fourth-order valence-electron chi connectivity index (χ4n) is 3.44. The number of nitrogens with zero attached hydrogens (tertiary/aromatic N) is 3. The lowest BCUT2D eigenvalue weighted by Gasteiger charge is -2.11. The Morgan fingerprint density at radius 1 is 1.06 bits per heavy atom. The molecular formula is C25H20BrFN4O2. The lowest BCUT2D eigenvalue weighted by atomic mass is 10.1. The molecule has 0 radical (unpaired) electrons. The Bertz CT molecular complexity index is 1420. The second-order valence-electron chi connectivity index (χ2n) is 7.47. The molecular weight excluding hydrogens is 487 g/mol. The largest absolute Gasteiger partial charge is 0.274 e. The van der Waals surface area contributed by atoms with Crippen molar-refractivity contribution in [2.24, 2.45) is 5.10 Å². The second-order valence-corrected chi connectivity index (χ2v) is 8.38. The molecule has 4 rings (SSSR count). The quantitative estimate of drug-likeness (QED) is 0.310. The van der Waals surface area contributed by atoms with Crippen molar-refractivity contribution >= 4 is 38.3 Å². The minimum Gasteiger partial charge on any atom is -0.273 e. The topological polar surface area (TPSA) is 76.3 Å². The number of fused-ring (bicyclic) bond motifs is 1. The number of carbonyl (C=O) groups excluding carboxylic acids is 1. The smallest absolute Gasteiger partial charge is 0.273 e. The molecule has 1 heterocycles. The van der Waals surface area contributed by atoms with Crippen molar-refractivity contribution in [1.82, 2.24) is 15.2 Å². The molecule has 33 heavy (non-hydrogen) atoms. The van der Waals surface area contributed by atoms with Crippen LogP contribution in [0.2, 0.25) is 0 Å². The van der Waals surface area contributed by atoms with Crippen LogP contribution >= 0.6 is 15.9 Å². The maximum atomic E-state index is 14.4. The predicted octanol–water partition coefficient (Wildman–Crippen LogP) is 4.43. The van der Waals surface area contributed by atoms with E-state index in [1.165, 1.54) is 10.7 Å². The molecule has 6 nitrogen and oxygen atoms in total. The molecule has 0 unspecified atom stereocenters. The average Bonchev–Trinajstić information content (AvgIpc) is 2.82. The molecule has 0 saturated carbocycles. The van der Waals surface area contributed by atoms with E-state index in [2.05, 4.69) is 31.6 Å². The van der Waals surface area contributed by atoms with Crippen LogP contribution in [0, 0.1) is 5.82 Å². The molecule has 1 amide bonds. The summed E-state index contributed by atoms with van der Waals surface area (Å²) in [5.41, 5.74) is 4.49. The summed E-state index contributed by atoms with van der Waals surface area (Å²) in [5.74, 6) is -0.820. The Morgan fingerprint density at radius 3 is 2.48 bits per heavy atom. The summed E-state index contributed by atoms with van der Waals surface area (Å²) < 4.78 is 16.1. The van der Waals surface area contributed by atoms with Crippen molar-refractivity contribution in [2.75, 3.05) is 0 Å². The fourth-order valence-corrected chi connectivity index (χ4v) is 3.77. The number of aromatic nitrogens is 2. The standard InChI is InChI=1S/C25H20BrFN4O2/c1-16(17-7-3-2-4-8-17)28-29-24(32)14-23-20-9-5-6-10-21(20)25(33)31(30-23)15-18-11-12-19(26)13-22(18)27/h2-13H,14-15H2,1H3,(H,29,32)/b28-16+. The van der Waals surface area contributed by atoms with Gasteiger partial charge >= 0.3 is 0 Å². The van der Waals surface area contributed by atoms with Gasteiger partial charge in [0.05, 0.1) is 29.8 Å². The van der Waals surface area contributed by atoms with Crippen molar-refractivity contribution in [3.63, 3.8) is 0 Å². The molecule has 0 aliphatic carbocycles. The van der Waals surface area contributed by atoms with Gasteiger partial charge in [0.1, 0.15) is 5.82 Å². The molecule has 0 aliphatic heterocycles. The van der Waals surface area contributed by atoms with Gasteiger partial charge in [-0.15, -0.1) is 0 Å². The number of nitrogens with one attached hydrogen (secondary N) is 1. The summed E-state index contributed by atoms with van der Waals surface area (Å²) in [4.78, 5) is 25.6. The lowest BCUT2D eigenvalue weighted by molar-refractivity contribution is -0.120. The Morgan fingerprint density at radius 2 is 1.76 bits per heavy atom. The van der Waals surface area contributed by atoms with Crippen molar-refractivity contribution in [3.05, 3.63) is 110 Å². The molecule has 0 bridgehead atoms. The van der Waals surface area contributed by atoms with E-state index in [0.717, 1.165) is 5.56 Å². The van der Waals surface area contributed by atoms with E-state index < -0.39 is 5.82 Å². The van der Waals surface area contributed by atoms with E-state index in [1.807, 2.05) is 30.3 Å². The number of amides is 1. The maximum absolute atomic E-state index is 14.4. The zero-order valence-corrected chi connectivity index (χ0v) is 19.3. The van der Waals surface area contributed by atoms with Crippen molar-refractivity contribution in [2.45, 2.75) is 19.9 Å². The highest BCUT2D eigenvalue weighted by Gasteiger charge is 2.15. The zero-order valence-electron chi connectivity index (χ0n) is 17.8. The molecule has 0 atom stereocenters. The zero-order chi connectivity index (χ0) is 23.4. The van der Waals surface area contributed by atoms with Gasteiger partial charge in [0, 0.05) is 15.4 Å². The van der Waals surface area contributed by atoms with E-state index in [0.29, 0.717) is 32.2 Å². The molecule has 0 aliphatic rings. The fraction of sp³-hybridized carbons (Fsp3) is 0.120. The Balaban J connectivity index is 1.63. The van der Waals surface area contributed by atoms with E-state index in [-0.39, 0.29) is 24.4 Å². The summed E-state index contributed by atoms with van der Waals surface area (Å²) in [5, 5.41) is 9.56. The number of hydrogen-bond acceptors (Lipinski definition) is 4. The average molecular weight is 507 g/mol. The van der Waals surface area contributed by atoms with Gasteiger partial charge in [0.2, 0.25) is 5.91 Å². The lowest BCUT2D eigenvalue weighted by Crippen LogP contribution is -2.28. The summed E-state index contributed by atoms with van der Waals surface area (Å²) in [7, 11) is 0. The number of hydrogen-bond donors (Lipinski definition) is 1. The van der Waals surface area contributed by atoms with Crippen LogP contribution in [-0.2, 0) is 17.8 Å². The van der Waals surface area contributed by atoms with Crippen LogP contribution in [0.5, 0.6) is 0 Å². The number of hydrazone groups is 1. The normalized spacial score (nSPS) is 11.5. The van der Waals surface area contributed by atoms with Gasteiger partial charge in [-0.1, -0.05) is 70.5 Å². The SMILES string of the molecule is C/C(=N\NC(=O)Cc1nn(Cc2ccc(Br)cc2F)c(=O)c2ccccc12)c1ccccc1. The minimum atomic E-state index is -0.448.